The highest BCUT2D eigenvalue weighted by Gasteiger charge is 2.41. The molecule has 6 heteroatoms. The quantitative estimate of drug-likeness (QED) is 0.589. The van der Waals surface area contributed by atoms with E-state index in [0.717, 1.165) is 11.3 Å². The van der Waals surface area contributed by atoms with Gasteiger partial charge < -0.3 is 9.30 Å². The molecule has 4 nitrogen and oxygen atoms in total. The topological polar surface area (TPSA) is 46.6 Å². The fourth-order valence-electron chi connectivity index (χ4n) is 3.28. The van der Waals surface area contributed by atoms with Crippen molar-refractivity contribution in [2.45, 2.75) is 45.8 Å². The minimum Gasteiger partial charge on any atom is -0.463 e. The molecule has 0 radical (unpaired) electrons. The number of rotatable bonds is 4. The van der Waals surface area contributed by atoms with Crippen molar-refractivity contribution in [3.8, 4) is 0 Å². The summed E-state index contributed by atoms with van der Waals surface area (Å²) in [6.07, 6.45) is 0.275. The fraction of sp³-hybridized carbons (Fsp3) is 0.444. The molecule has 130 valence electrons. The third-order valence-electron chi connectivity index (χ3n) is 4.14. The molecular weight excluding hydrogens is 342 g/mol. The van der Waals surface area contributed by atoms with Gasteiger partial charge in [-0.25, -0.2) is 4.79 Å². The lowest BCUT2D eigenvalue weighted by atomic mass is 9.84. The first-order chi connectivity index (χ1) is 11.2. The Morgan fingerprint density at radius 3 is 2.38 bits per heavy atom. The van der Waals surface area contributed by atoms with Gasteiger partial charge in [-0.05, 0) is 31.5 Å². The molecule has 0 saturated carbocycles. The normalized spacial score (nSPS) is 18.8. The molecule has 0 bridgehead atoms. The SMILES string of the molecule is CCOC(=O)C1=C(C)N([Si](C)(C)C)C(=O)CC1c1ccc(Cl)cc1. The van der Waals surface area contributed by atoms with Crippen molar-refractivity contribution in [1.29, 1.82) is 0 Å². The Hall–Kier alpha value is -1.59. The first-order valence-corrected chi connectivity index (χ1v) is 12.0. The van der Waals surface area contributed by atoms with Gasteiger partial charge in [0, 0.05) is 23.1 Å². The smallest absolute Gasteiger partial charge is 0.336 e. The average Bonchev–Trinajstić information content (AvgIpc) is 2.46. The molecule has 1 amide bonds. The second kappa shape index (κ2) is 7.11. The maximum Gasteiger partial charge on any atom is 0.336 e. The number of hydrogen-bond acceptors (Lipinski definition) is 3. The van der Waals surface area contributed by atoms with Crippen molar-refractivity contribution in [2.75, 3.05) is 6.61 Å². The Morgan fingerprint density at radius 2 is 1.88 bits per heavy atom. The lowest BCUT2D eigenvalue weighted by molar-refractivity contribution is -0.139. The van der Waals surface area contributed by atoms with Crippen molar-refractivity contribution < 1.29 is 14.3 Å². The van der Waals surface area contributed by atoms with Gasteiger partial charge in [0.2, 0.25) is 5.91 Å². The molecule has 1 aromatic carbocycles. The van der Waals surface area contributed by atoms with E-state index in [4.69, 9.17) is 16.3 Å². The number of allylic oxidation sites excluding steroid dienone is 1. The zero-order chi connectivity index (χ0) is 18.1. The van der Waals surface area contributed by atoms with E-state index in [1.165, 1.54) is 0 Å². The van der Waals surface area contributed by atoms with Crippen LogP contribution in [0, 0.1) is 0 Å². The number of esters is 1. The first kappa shape index (κ1) is 18.7. The molecule has 1 heterocycles. The number of nitrogens with zero attached hydrogens (tertiary/aromatic N) is 1. The van der Waals surface area contributed by atoms with Crippen LogP contribution >= 0.6 is 11.6 Å². The highest BCUT2D eigenvalue weighted by Crippen LogP contribution is 2.39. The number of carbonyl (C=O) groups excluding carboxylic acids is 2. The number of benzene rings is 1. The third kappa shape index (κ3) is 3.73. The summed E-state index contributed by atoms with van der Waals surface area (Å²) in [5.41, 5.74) is 2.22. The van der Waals surface area contributed by atoms with E-state index in [9.17, 15) is 9.59 Å². The summed E-state index contributed by atoms with van der Waals surface area (Å²) in [6, 6.07) is 7.31. The van der Waals surface area contributed by atoms with E-state index in [1.807, 2.05) is 23.6 Å². The van der Waals surface area contributed by atoms with Gasteiger partial charge in [0.15, 0.2) is 8.24 Å². The molecule has 0 N–H and O–H groups in total. The second-order valence-electron chi connectivity index (χ2n) is 6.93. The minimum atomic E-state index is -1.94. The molecule has 1 atom stereocenters. The van der Waals surface area contributed by atoms with Gasteiger partial charge in [-0.2, -0.15) is 0 Å². The van der Waals surface area contributed by atoms with Gasteiger partial charge in [0.1, 0.15) is 0 Å². The molecule has 0 saturated heterocycles. The molecule has 0 aromatic heterocycles. The van der Waals surface area contributed by atoms with Crippen LogP contribution in [0.3, 0.4) is 0 Å². The van der Waals surface area contributed by atoms with Crippen LogP contribution in [0.15, 0.2) is 35.5 Å². The van der Waals surface area contributed by atoms with E-state index >= 15 is 0 Å². The van der Waals surface area contributed by atoms with Crippen molar-refractivity contribution in [3.05, 3.63) is 46.1 Å². The molecule has 2 rings (SSSR count). The van der Waals surface area contributed by atoms with Crippen LogP contribution in [0.25, 0.3) is 0 Å². The Balaban J connectivity index is 2.58. The maximum atomic E-state index is 12.8. The van der Waals surface area contributed by atoms with Crippen molar-refractivity contribution in [1.82, 2.24) is 4.57 Å². The Bertz CT molecular complexity index is 676. The number of ether oxygens (including phenoxy) is 1. The summed E-state index contributed by atoms with van der Waals surface area (Å²) in [5.74, 6) is -0.563. The standard InChI is InChI=1S/C18H24ClNO3Si/c1-6-23-18(22)17-12(2)20(24(3,4)5)16(21)11-15(17)13-7-9-14(19)10-8-13/h7-10,15H,6,11H2,1-5H3. The number of carbonyl (C=O) groups is 2. The molecule has 1 aliphatic heterocycles. The lowest BCUT2D eigenvalue weighted by Gasteiger charge is -2.41. The van der Waals surface area contributed by atoms with E-state index < -0.39 is 8.24 Å². The van der Waals surface area contributed by atoms with E-state index in [2.05, 4.69) is 19.6 Å². The van der Waals surface area contributed by atoms with Gasteiger partial charge in [-0.15, -0.1) is 0 Å². The second-order valence-corrected chi connectivity index (χ2v) is 12.2. The number of amides is 1. The van der Waals surface area contributed by atoms with E-state index in [-0.39, 0.29) is 24.2 Å². The minimum absolute atomic E-state index is 0.0691. The van der Waals surface area contributed by atoms with E-state index in [0.29, 0.717) is 17.2 Å². The summed E-state index contributed by atoms with van der Waals surface area (Å²) in [4.78, 5) is 25.4. The molecule has 0 spiro atoms. The summed E-state index contributed by atoms with van der Waals surface area (Å²) >= 11 is 5.97. The van der Waals surface area contributed by atoms with Crippen LogP contribution in [0.2, 0.25) is 24.7 Å². The van der Waals surface area contributed by atoms with Gasteiger partial charge in [-0.1, -0.05) is 43.4 Å². The monoisotopic (exact) mass is 365 g/mol. The summed E-state index contributed by atoms with van der Waals surface area (Å²) in [5, 5.41) is 0.628. The van der Waals surface area contributed by atoms with Crippen molar-refractivity contribution in [2.24, 2.45) is 0 Å². The van der Waals surface area contributed by atoms with Gasteiger partial charge in [0.25, 0.3) is 0 Å². The van der Waals surface area contributed by atoms with Gasteiger partial charge in [0.05, 0.1) is 12.2 Å². The summed E-state index contributed by atoms with van der Waals surface area (Å²) < 4.78 is 7.12. The molecule has 1 aliphatic rings. The maximum absolute atomic E-state index is 12.8. The third-order valence-corrected chi connectivity index (χ3v) is 6.32. The molecule has 1 aromatic rings. The summed E-state index contributed by atoms with van der Waals surface area (Å²) in [6.45, 7) is 10.2. The zero-order valence-electron chi connectivity index (χ0n) is 14.9. The predicted octanol–water partition coefficient (Wildman–Crippen LogP) is 4.33. The fourth-order valence-corrected chi connectivity index (χ4v) is 5.38. The highest BCUT2D eigenvalue weighted by atomic mass is 35.5. The Labute approximate surface area is 149 Å². The molecule has 0 aliphatic carbocycles. The van der Waals surface area contributed by atoms with Crippen molar-refractivity contribution in [3.63, 3.8) is 0 Å². The number of halogens is 1. The lowest BCUT2D eigenvalue weighted by Crippen LogP contribution is -2.52. The summed E-state index contributed by atoms with van der Waals surface area (Å²) in [7, 11) is -1.94. The van der Waals surface area contributed by atoms with Crippen LogP contribution < -0.4 is 0 Å². The highest BCUT2D eigenvalue weighted by molar-refractivity contribution is 6.76. The Kier molecular flexibility index (Phi) is 5.55. The van der Waals surface area contributed by atoms with Crippen LogP contribution in [0.5, 0.6) is 0 Å². The van der Waals surface area contributed by atoms with E-state index in [1.54, 1.807) is 19.1 Å². The molecular formula is C18H24ClNO3Si. The molecule has 0 fully saturated rings. The number of hydrogen-bond donors (Lipinski definition) is 0. The van der Waals surface area contributed by atoms with Crippen LogP contribution in [-0.4, -0.2) is 31.3 Å². The predicted molar refractivity (Wildman–Crippen MR) is 98.3 cm³/mol. The first-order valence-electron chi connectivity index (χ1n) is 8.13. The van der Waals surface area contributed by atoms with Crippen LogP contribution in [0.4, 0.5) is 0 Å². The van der Waals surface area contributed by atoms with Gasteiger partial charge in [-0.3, -0.25) is 4.79 Å². The van der Waals surface area contributed by atoms with Crippen LogP contribution in [0.1, 0.15) is 31.7 Å². The molecule has 24 heavy (non-hydrogen) atoms. The van der Waals surface area contributed by atoms with Crippen LogP contribution in [-0.2, 0) is 14.3 Å². The zero-order valence-corrected chi connectivity index (χ0v) is 16.6. The largest absolute Gasteiger partial charge is 0.463 e. The molecule has 1 unspecified atom stereocenters. The van der Waals surface area contributed by atoms with Crippen molar-refractivity contribution >= 4 is 31.7 Å². The average molecular weight is 366 g/mol. The Morgan fingerprint density at radius 1 is 1.29 bits per heavy atom. The van der Waals surface area contributed by atoms with Gasteiger partial charge >= 0.3 is 5.97 Å².